The lowest BCUT2D eigenvalue weighted by atomic mass is 10.00. The van der Waals surface area contributed by atoms with Gasteiger partial charge in [0.25, 0.3) is 0 Å². The Kier molecular flexibility index (Phi) is 5.90. The molecule has 0 N–H and O–H groups in total. The number of nitrogens with zero attached hydrogens (tertiary/aromatic N) is 4. The average molecular weight is 338 g/mol. The normalized spacial score (nSPS) is 17.6. The molecule has 3 rings (SSSR count). The van der Waals surface area contributed by atoms with Crippen LogP contribution in [0.15, 0.2) is 36.4 Å². The lowest BCUT2D eigenvalue weighted by Gasteiger charge is -2.36. The van der Waals surface area contributed by atoms with Crippen molar-refractivity contribution in [2.24, 2.45) is 0 Å². The summed E-state index contributed by atoms with van der Waals surface area (Å²) >= 11 is 0. The number of piperidine rings is 1. The lowest BCUT2D eigenvalue weighted by molar-refractivity contribution is 0.446. The van der Waals surface area contributed by atoms with Gasteiger partial charge in [0.2, 0.25) is 5.95 Å². The van der Waals surface area contributed by atoms with Gasteiger partial charge in [0.05, 0.1) is 0 Å². The molecule has 0 radical (unpaired) electrons. The van der Waals surface area contributed by atoms with Gasteiger partial charge in [0.15, 0.2) is 0 Å². The quantitative estimate of drug-likeness (QED) is 0.772. The Hall–Kier alpha value is -2.10. The fourth-order valence-corrected chi connectivity index (χ4v) is 3.68. The second-order valence-electron chi connectivity index (χ2n) is 6.92. The van der Waals surface area contributed by atoms with Gasteiger partial charge in [-0.15, -0.1) is 0 Å². The van der Waals surface area contributed by atoms with Crippen molar-refractivity contribution in [1.82, 2.24) is 9.97 Å². The molecule has 0 amide bonds. The van der Waals surface area contributed by atoms with E-state index in [1.807, 2.05) is 0 Å². The van der Waals surface area contributed by atoms with E-state index in [1.165, 1.54) is 31.2 Å². The fraction of sp³-hybridized carbons (Fsp3) is 0.524. The number of anilines is 2. The minimum absolute atomic E-state index is 0.611. The van der Waals surface area contributed by atoms with Gasteiger partial charge in [0.1, 0.15) is 5.82 Å². The number of aromatic nitrogens is 2. The number of aryl methyl sites for hydroxylation is 1. The maximum atomic E-state index is 4.96. The van der Waals surface area contributed by atoms with E-state index < -0.39 is 0 Å². The molecule has 1 aliphatic heterocycles. The van der Waals surface area contributed by atoms with Crippen molar-refractivity contribution < 1.29 is 0 Å². The number of hydrogen-bond acceptors (Lipinski definition) is 4. The molecule has 0 spiro atoms. The van der Waals surface area contributed by atoms with Gasteiger partial charge in [-0.25, -0.2) is 4.98 Å². The van der Waals surface area contributed by atoms with Crippen molar-refractivity contribution in [1.29, 1.82) is 0 Å². The van der Waals surface area contributed by atoms with Crippen molar-refractivity contribution in [3.63, 3.8) is 0 Å². The van der Waals surface area contributed by atoms with Crippen LogP contribution in [0, 0.1) is 6.92 Å². The Balaban J connectivity index is 1.87. The summed E-state index contributed by atoms with van der Waals surface area (Å²) in [5.74, 6) is 1.95. The van der Waals surface area contributed by atoms with Crippen LogP contribution in [0.3, 0.4) is 0 Å². The Labute approximate surface area is 151 Å². The zero-order valence-corrected chi connectivity index (χ0v) is 15.8. The summed E-state index contributed by atoms with van der Waals surface area (Å²) in [6.07, 6.45) is 5.05. The van der Waals surface area contributed by atoms with Crippen LogP contribution in [-0.2, 0) is 6.54 Å². The monoisotopic (exact) mass is 338 g/mol. The molecule has 1 aromatic carbocycles. The minimum atomic E-state index is 0.611. The van der Waals surface area contributed by atoms with E-state index >= 15 is 0 Å². The zero-order chi connectivity index (χ0) is 17.6. The molecule has 2 aromatic rings. The highest BCUT2D eigenvalue weighted by Gasteiger charge is 2.23. The largest absolute Gasteiger partial charge is 0.353 e. The van der Waals surface area contributed by atoms with Crippen LogP contribution in [0.4, 0.5) is 11.8 Å². The number of benzene rings is 1. The molecule has 25 heavy (non-hydrogen) atoms. The molecule has 4 heteroatoms. The van der Waals surface area contributed by atoms with Crippen LogP contribution in [0.5, 0.6) is 0 Å². The van der Waals surface area contributed by atoms with Crippen LogP contribution in [0.1, 0.15) is 50.8 Å². The van der Waals surface area contributed by atoms with E-state index in [4.69, 9.17) is 9.97 Å². The summed E-state index contributed by atoms with van der Waals surface area (Å²) in [7, 11) is 0. The SMILES string of the molecule is CCC1CCCCN1c1cc(C)nc(N(CC)Cc2ccccc2)n1. The maximum Gasteiger partial charge on any atom is 0.227 e. The molecule has 134 valence electrons. The van der Waals surface area contributed by atoms with E-state index in [9.17, 15) is 0 Å². The van der Waals surface area contributed by atoms with Crippen LogP contribution in [-0.4, -0.2) is 29.1 Å². The van der Waals surface area contributed by atoms with E-state index in [1.54, 1.807) is 0 Å². The molecule has 4 nitrogen and oxygen atoms in total. The Morgan fingerprint density at radius 1 is 1.12 bits per heavy atom. The molecule has 1 saturated heterocycles. The highest BCUT2D eigenvalue weighted by atomic mass is 15.3. The molecule has 0 aliphatic carbocycles. The molecule has 0 bridgehead atoms. The second kappa shape index (κ2) is 8.32. The summed E-state index contributed by atoms with van der Waals surface area (Å²) in [6, 6.07) is 13.3. The number of rotatable bonds is 6. The third-order valence-electron chi connectivity index (χ3n) is 5.10. The first-order valence-electron chi connectivity index (χ1n) is 9.62. The standard InChI is InChI=1S/C21H30N4/c1-4-19-13-9-10-14-25(19)20-15-17(3)22-21(23-20)24(5-2)16-18-11-7-6-8-12-18/h6-8,11-12,15,19H,4-5,9-10,13-14,16H2,1-3H3. The molecule has 2 heterocycles. The topological polar surface area (TPSA) is 32.3 Å². The minimum Gasteiger partial charge on any atom is -0.353 e. The van der Waals surface area contributed by atoms with Crippen LogP contribution in [0.25, 0.3) is 0 Å². The Morgan fingerprint density at radius 3 is 2.64 bits per heavy atom. The highest BCUT2D eigenvalue weighted by Crippen LogP contribution is 2.27. The Bertz CT molecular complexity index is 671. The fourth-order valence-electron chi connectivity index (χ4n) is 3.68. The first kappa shape index (κ1) is 17.7. The van der Waals surface area contributed by atoms with Crippen LogP contribution >= 0.6 is 0 Å². The predicted octanol–water partition coefficient (Wildman–Crippen LogP) is 4.58. The average Bonchev–Trinajstić information content (AvgIpc) is 2.66. The maximum absolute atomic E-state index is 4.96. The van der Waals surface area contributed by atoms with Gasteiger partial charge >= 0.3 is 0 Å². The van der Waals surface area contributed by atoms with Crippen molar-refractivity contribution in [2.75, 3.05) is 22.9 Å². The first-order valence-corrected chi connectivity index (χ1v) is 9.62. The van der Waals surface area contributed by atoms with Gasteiger partial charge in [0, 0.05) is 37.4 Å². The van der Waals surface area contributed by atoms with Gasteiger partial charge < -0.3 is 9.80 Å². The van der Waals surface area contributed by atoms with Gasteiger partial charge in [-0.05, 0) is 45.1 Å². The van der Waals surface area contributed by atoms with Crippen LogP contribution in [0.2, 0.25) is 0 Å². The van der Waals surface area contributed by atoms with Crippen molar-refractivity contribution in [2.45, 2.75) is 59.0 Å². The van der Waals surface area contributed by atoms with Crippen LogP contribution < -0.4 is 9.80 Å². The molecule has 1 aliphatic rings. The summed E-state index contributed by atoms with van der Waals surface area (Å²) < 4.78 is 0. The van der Waals surface area contributed by atoms with Gasteiger partial charge in [-0.1, -0.05) is 37.3 Å². The van der Waals surface area contributed by atoms with E-state index in [-0.39, 0.29) is 0 Å². The van der Waals surface area contributed by atoms with Crippen molar-refractivity contribution >= 4 is 11.8 Å². The molecule has 1 unspecified atom stereocenters. The highest BCUT2D eigenvalue weighted by molar-refractivity contribution is 5.47. The third kappa shape index (κ3) is 4.30. The van der Waals surface area contributed by atoms with Gasteiger partial charge in [-0.2, -0.15) is 4.98 Å². The second-order valence-corrected chi connectivity index (χ2v) is 6.92. The van der Waals surface area contributed by atoms with E-state index in [2.05, 4.69) is 67.0 Å². The summed E-state index contributed by atoms with van der Waals surface area (Å²) in [5.41, 5.74) is 2.34. The van der Waals surface area contributed by atoms with E-state index in [0.29, 0.717) is 6.04 Å². The number of hydrogen-bond donors (Lipinski definition) is 0. The Morgan fingerprint density at radius 2 is 1.92 bits per heavy atom. The first-order chi connectivity index (χ1) is 12.2. The molecule has 1 atom stereocenters. The molecule has 0 saturated carbocycles. The zero-order valence-electron chi connectivity index (χ0n) is 15.8. The molecule has 1 fully saturated rings. The molecular formula is C21H30N4. The predicted molar refractivity (Wildman–Crippen MR) is 105 cm³/mol. The summed E-state index contributed by atoms with van der Waals surface area (Å²) in [4.78, 5) is 14.5. The van der Waals surface area contributed by atoms with E-state index in [0.717, 1.165) is 37.1 Å². The molecular weight excluding hydrogens is 308 g/mol. The lowest BCUT2D eigenvalue weighted by Crippen LogP contribution is -2.40. The summed E-state index contributed by atoms with van der Waals surface area (Å²) in [5, 5.41) is 0. The van der Waals surface area contributed by atoms with Crippen molar-refractivity contribution in [3.8, 4) is 0 Å². The third-order valence-corrected chi connectivity index (χ3v) is 5.10. The van der Waals surface area contributed by atoms with Gasteiger partial charge in [-0.3, -0.25) is 0 Å². The smallest absolute Gasteiger partial charge is 0.227 e. The van der Waals surface area contributed by atoms with Crippen molar-refractivity contribution in [3.05, 3.63) is 47.7 Å². The summed E-state index contributed by atoms with van der Waals surface area (Å²) in [6.45, 7) is 9.39. The molecule has 1 aromatic heterocycles.